The molecule has 0 amide bonds. The monoisotopic (exact) mass is 127 g/mol. The van der Waals surface area contributed by atoms with Gasteiger partial charge in [-0.25, -0.2) is 0 Å². The van der Waals surface area contributed by atoms with Crippen LogP contribution in [-0.4, -0.2) is 26.3 Å². The third-order valence-corrected chi connectivity index (χ3v) is 2.44. The third-order valence-electron chi connectivity index (χ3n) is 2.44. The Morgan fingerprint density at radius 3 is 2.56 bits per heavy atom. The lowest BCUT2D eigenvalue weighted by atomic mass is 9.87. The maximum absolute atomic E-state index is 5.29. The maximum Gasteiger partial charge on any atom is 0.0498 e. The van der Waals surface area contributed by atoms with Crippen LogP contribution in [0.1, 0.15) is 6.42 Å². The molecule has 2 rings (SSSR count). The molecule has 0 unspecified atom stereocenters. The first-order valence-corrected chi connectivity index (χ1v) is 3.75. The van der Waals surface area contributed by atoms with Crippen molar-refractivity contribution in [3.05, 3.63) is 0 Å². The summed E-state index contributed by atoms with van der Waals surface area (Å²) in [7, 11) is 0. The minimum Gasteiger partial charge on any atom is -0.381 e. The largest absolute Gasteiger partial charge is 0.381 e. The van der Waals surface area contributed by atoms with Crippen LogP contribution >= 0.6 is 0 Å². The van der Waals surface area contributed by atoms with Crippen LogP contribution in [0.5, 0.6) is 0 Å². The highest BCUT2D eigenvalue weighted by atomic mass is 16.5. The van der Waals surface area contributed by atoms with Crippen LogP contribution in [0.2, 0.25) is 0 Å². The Bertz CT molecular complexity index is 95.1. The Balaban J connectivity index is 1.82. The molecule has 2 aliphatic heterocycles. The van der Waals surface area contributed by atoms with E-state index >= 15 is 0 Å². The molecule has 9 heavy (non-hydrogen) atoms. The van der Waals surface area contributed by atoms with E-state index in [4.69, 9.17) is 4.74 Å². The molecular weight excluding hydrogens is 114 g/mol. The predicted molar refractivity (Wildman–Crippen MR) is 35.3 cm³/mol. The molecular formula is C7H13NO. The highest BCUT2D eigenvalue weighted by Crippen LogP contribution is 2.24. The summed E-state index contributed by atoms with van der Waals surface area (Å²) >= 11 is 0. The van der Waals surface area contributed by atoms with Gasteiger partial charge in [0.25, 0.3) is 0 Å². The van der Waals surface area contributed by atoms with Gasteiger partial charge >= 0.3 is 0 Å². The molecule has 52 valence electrons. The molecule has 0 radical (unpaired) electrons. The number of rotatable bonds is 1. The van der Waals surface area contributed by atoms with Crippen LogP contribution in [0.25, 0.3) is 0 Å². The van der Waals surface area contributed by atoms with E-state index in [2.05, 4.69) is 5.32 Å². The van der Waals surface area contributed by atoms with Crippen molar-refractivity contribution in [2.45, 2.75) is 6.42 Å². The van der Waals surface area contributed by atoms with Gasteiger partial charge in [-0.3, -0.25) is 0 Å². The van der Waals surface area contributed by atoms with Gasteiger partial charge in [0.05, 0.1) is 0 Å². The minimum absolute atomic E-state index is 0.881. The van der Waals surface area contributed by atoms with Crippen LogP contribution in [0.3, 0.4) is 0 Å². The SMILES string of the molecule is C1C[C@@H](C2CNC2)CO1. The number of hydrogen-bond donors (Lipinski definition) is 1. The van der Waals surface area contributed by atoms with Gasteiger partial charge in [0.1, 0.15) is 0 Å². The summed E-state index contributed by atoms with van der Waals surface area (Å²) in [4.78, 5) is 0. The summed E-state index contributed by atoms with van der Waals surface area (Å²) in [6, 6.07) is 0. The molecule has 0 aliphatic carbocycles. The second-order valence-corrected chi connectivity index (χ2v) is 3.04. The molecule has 0 bridgehead atoms. The van der Waals surface area contributed by atoms with Crippen LogP contribution in [0.4, 0.5) is 0 Å². The fourth-order valence-corrected chi connectivity index (χ4v) is 1.57. The Kier molecular flexibility index (Phi) is 1.44. The fourth-order valence-electron chi connectivity index (χ4n) is 1.57. The minimum atomic E-state index is 0.881. The van der Waals surface area contributed by atoms with E-state index in [0.29, 0.717) is 0 Å². The third kappa shape index (κ3) is 0.970. The van der Waals surface area contributed by atoms with Crippen molar-refractivity contribution < 1.29 is 4.74 Å². The van der Waals surface area contributed by atoms with Crippen molar-refractivity contribution >= 4 is 0 Å². The first-order chi connectivity index (χ1) is 4.47. The van der Waals surface area contributed by atoms with Gasteiger partial charge in [-0.15, -0.1) is 0 Å². The smallest absolute Gasteiger partial charge is 0.0498 e. The number of hydrogen-bond acceptors (Lipinski definition) is 2. The second-order valence-electron chi connectivity index (χ2n) is 3.04. The lowest BCUT2D eigenvalue weighted by Crippen LogP contribution is -2.46. The molecule has 0 aromatic rings. The molecule has 2 heterocycles. The first-order valence-electron chi connectivity index (χ1n) is 3.75. The highest BCUT2D eigenvalue weighted by Gasteiger charge is 2.29. The van der Waals surface area contributed by atoms with Crippen molar-refractivity contribution in [2.75, 3.05) is 26.3 Å². The number of nitrogens with one attached hydrogen (secondary N) is 1. The summed E-state index contributed by atoms with van der Waals surface area (Å²) in [5.74, 6) is 1.82. The van der Waals surface area contributed by atoms with Gasteiger partial charge in [0, 0.05) is 13.2 Å². The molecule has 2 fully saturated rings. The van der Waals surface area contributed by atoms with Crippen LogP contribution in [0, 0.1) is 11.8 Å². The van der Waals surface area contributed by atoms with Crippen molar-refractivity contribution in [1.29, 1.82) is 0 Å². The van der Waals surface area contributed by atoms with Crippen molar-refractivity contribution in [3.8, 4) is 0 Å². The van der Waals surface area contributed by atoms with E-state index in [1.54, 1.807) is 0 Å². The molecule has 2 saturated heterocycles. The number of ether oxygens (including phenoxy) is 1. The summed E-state index contributed by atoms with van der Waals surface area (Å²) < 4.78 is 5.29. The van der Waals surface area contributed by atoms with Gasteiger partial charge in [0.15, 0.2) is 0 Å². The first kappa shape index (κ1) is 5.69. The van der Waals surface area contributed by atoms with E-state index in [-0.39, 0.29) is 0 Å². The lowest BCUT2D eigenvalue weighted by molar-refractivity contribution is 0.155. The standard InChI is InChI=1S/C7H13NO/c1-2-9-5-6(1)7-3-8-4-7/h6-8H,1-5H2/t6-/m1/s1. The van der Waals surface area contributed by atoms with E-state index in [1.807, 2.05) is 0 Å². The highest BCUT2D eigenvalue weighted by molar-refractivity contribution is 4.83. The Morgan fingerprint density at radius 2 is 2.11 bits per heavy atom. The maximum atomic E-state index is 5.29. The summed E-state index contributed by atoms with van der Waals surface area (Å²) in [5, 5.41) is 3.28. The van der Waals surface area contributed by atoms with Gasteiger partial charge in [-0.1, -0.05) is 0 Å². The quantitative estimate of drug-likeness (QED) is 0.545. The van der Waals surface area contributed by atoms with Gasteiger partial charge in [-0.05, 0) is 31.3 Å². The second kappa shape index (κ2) is 2.27. The normalized spacial score (nSPS) is 36.7. The molecule has 1 N–H and O–H groups in total. The zero-order valence-corrected chi connectivity index (χ0v) is 5.60. The fraction of sp³-hybridized carbons (Fsp3) is 1.00. The van der Waals surface area contributed by atoms with Gasteiger partial charge in [0.2, 0.25) is 0 Å². The molecule has 2 aliphatic rings. The molecule has 0 aromatic carbocycles. The van der Waals surface area contributed by atoms with Crippen LogP contribution < -0.4 is 5.32 Å². The van der Waals surface area contributed by atoms with E-state index in [9.17, 15) is 0 Å². The Hall–Kier alpha value is -0.0800. The topological polar surface area (TPSA) is 21.3 Å². The van der Waals surface area contributed by atoms with E-state index in [1.165, 1.54) is 19.5 Å². The summed E-state index contributed by atoms with van der Waals surface area (Å²) in [5.41, 5.74) is 0. The summed E-state index contributed by atoms with van der Waals surface area (Å²) in [6.07, 6.45) is 1.30. The lowest BCUT2D eigenvalue weighted by Gasteiger charge is -2.31. The average Bonchev–Trinajstić information content (AvgIpc) is 2.11. The van der Waals surface area contributed by atoms with Gasteiger partial charge in [-0.2, -0.15) is 0 Å². The van der Waals surface area contributed by atoms with Crippen LogP contribution in [0.15, 0.2) is 0 Å². The van der Waals surface area contributed by atoms with Crippen molar-refractivity contribution in [2.24, 2.45) is 11.8 Å². The molecule has 1 atom stereocenters. The zero-order valence-electron chi connectivity index (χ0n) is 5.60. The van der Waals surface area contributed by atoms with Crippen LogP contribution in [-0.2, 0) is 4.74 Å². The Morgan fingerprint density at radius 1 is 1.22 bits per heavy atom. The zero-order chi connectivity index (χ0) is 6.10. The Labute approximate surface area is 55.6 Å². The van der Waals surface area contributed by atoms with E-state index in [0.717, 1.165) is 25.0 Å². The van der Waals surface area contributed by atoms with Crippen molar-refractivity contribution in [3.63, 3.8) is 0 Å². The molecule has 0 spiro atoms. The van der Waals surface area contributed by atoms with E-state index < -0.39 is 0 Å². The average molecular weight is 127 g/mol. The molecule has 2 nitrogen and oxygen atoms in total. The van der Waals surface area contributed by atoms with Crippen molar-refractivity contribution in [1.82, 2.24) is 5.32 Å². The molecule has 2 heteroatoms. The van der Waals surface area contributed by atoms with Gasteiger partial charge < -0.3 is 10.1 Å². The summed E-state index contributed by atoms with van der Waals surface area (Å²) in [6.45, 7) is 4.48. The predicted octanol–water partition coefficient (Wildman–Crippen LogP) is 0.242. The molecule has 0 saturated carbocycles. The molecule has 0 aromatic heterocycles.